The Morgan fingerprint density at radius 1 is 1.43 bits per heavy atom. The Labute approximate surface area is 84.1 Å². The molecular weight excluding hydrogens is 217 g/mol. The summed E-state index contributed by atoms with van der Waals surface area (Å²) in [6, 6.07) is 3.17. The van der Waals surface area contributed by atoms with Crippen molar-refractivity contribution in [1.82, 2.24) is 0 Å². The molecule has 0 aliphatic rings. The summed E-state index contributed by atoms with van der Waals surface area (Å²) in [7, 11) is 0. The van der Waals surface area contributed by atoms with Crippen LogP contribution in [0.5, 0.6) is 0 Å². The maximum Gasteiger partial charge on any atom is 0.274 e. The third kappa shape index (κ3) is 2.39. The summed E-state index contributed by atoms with van der Waals surface area (Å²) in [6.07, 6.45) is -2.15. The lowest BCUT2D eigenvalue weighted by Crippen LogP contribution is -2.22. The highest BCUT2D eigenvalue weighted by Crippen LogP contribution is 2.32. The standard InChI is InChI=1S/C9H8ClF3O/c1-9(12,13)8(14)6-3-2-5(10)4-7(6)11/h2-4,8,14H,1H3. The predicted molar refractivity (Wildman–Crippen MR) is 47.0 cm³/mol. The van der Waals surface area contributed by atoms with Crippen LogP contribution in [0.25, 0.3) is 0 Å². The first kappa shape index (κ1) is 11.3. The molecule has 0 saturated carbocycles. The van der Waals surface area contributed by atoms with E-state index in [1.807, 2.05) is 0 Å². The highest BCUT2D eigenvalue weighted by molar-refractivity contribution is 6.30. The quantitative estimate of drug-likeness (QED) is 0.818. The van der Waals surface area contributed by atoms with Crippen molar-refractivity contribution in [2.24, 2.45) is 0 Å². The minimum Gasteiger partial charge on any atom is -0.382 e. The van der Waals surface area contributed by atoms with Crippen molar-refractivity contribution < 1.29 is 18.3 Å². The molecule has 0 radical (unpaired) electrons. The van der Waals surface area contributed by atoms with Gasteiger partial charge in [0.1, 0.15) is 11.9 Å². The maximum atomic E-state index is 13.1. The number of aliphatic hydroxyl groups is 1. The average molecular weight is 225 g/mol. The molecule has 78 valence electrons. The summed E-state index contributed by atoms with van der Waals surface area (Å²) in [5, 5.41) is 9.19. The number of alkyl halides is 2. The second-order valence-corrected chi connectivity index (χ2v) is 3.46. The Morgan fingerprint density at radius 2 is 2.00 bits per heavy atom. The van der Waals surface area contributed by atoms with Gasteiger partial charge in [-0.05, 0) is 12.1 Å². The summed E-state index contributed by atoms with van der Waals surface area (Å²) in [5.41, 5.74) is -0.457. The summed E-state index contributed by atoms with van der Waals surface area (Å²) in [5.74, 6) is -4.32. The molecule has 0 amide bonds. The lowest BCUT2D eigenvalue weighted by molar-refractivity contribution is -0.0967. The Balaban J connectivity index is 3.08. The van der Waals surface area contributed by atoms with Crippen LogP contribution in [0.1, 0.15) is 18.6 Å². The van der Waals surface area contributed by atoms with Gasteiger partial charge in [0.2, 0.25) is 0 Å². The van der Waals surface area contributed by atoms with Crippen LogP contribution in [0.2, 0.25) is 5.02 Å². The first-order valence-corrected chi connectivity index (χ1v) is 4.21. The predicted octanol–water partition coefficient (Wildman–Crippen LogP) is 3.17. The molecule has 5 heteroatoms. The molecule has 0 aliphatic heterocycles. The first-order valence-electron chi connectivity index (χ1n) is 3.83. The van der Waals surface area contributed by atoms with Gasteiger partial charge in [0, 0.05) is 17.5 Å². The lowest BCUT2D eigenvalue weighted by Gasteiger charge is -2.18. The van der Waals surface area contributed by atoms with E-state index >= 15 is 0 Å². The number of hydrogen-bond donors (Lipinski definition) is 1. The van der Waals surface area contributed by atoms with Crippen LogP contribution < -0.4 is 0 Å². The molecule has 1 nitrogen and oxygen atoms in total. The van der Waals surface area contributed by atoms with Crippen molar-refractivity contribution in [3.05, 3.63) is 34.6 Å². The second-order valence-electron chi connectivity index (χ2n) is 3.02. The van der Waals surface area contributed by atoms with Crippen LogP contribution in [-0.4, -0.2) is 11.0 Å². The number of benzene rings is 1. The Kier molecular flexibility index (Phi) is 3.07. The van der Waals surface area contributed by atoms with E-state index in [1.54, 1.807) is 0 Å². The Hall–Kier alpha value is -0.740. The average Bonchev–Trinajstić information content (AvgIpc) is 2.01. The van der Waals surface area contributed by atoms with Crippen molar-refractivity contribution in [3.63, 3.8) is 0 Å². The summed E-state index contributed by atoms with van der Waals surface area (Å²) >= 11 is 5.43. The lowest BCUT2D eigenvalue weighted by atomic mass is 10.0. The molecule has 1 aromatic carbocycles. The van der Waals surface area contributed by atoms with Crippen LogP contribution in [0.3, 0.4) is 0 Å². The number of hydrogen-bond acceptors (Lipinski definition) is 1. The van der Waals surface area contributed by atoms with Crippen molar-refractivity contribution >= 4 is 11.6 Å². The molecule has 0 bridgehead atoms. The zero-order valence-corrected chi connectivity index (χ0v) is 8.02. The molecular formula is C9H8ClF3O. The molecule has 1 rings (SSSR count). The van der Waals surface area contributed by atoms with Gasteiger partial charge in [0.25, 0.3) is 5.92 Å². The zero-order chi connectivity index (χ0) is 10.9. The van der Waals surface area contributed by atoms with Crippen LogP contribution in [-0.2, 0) is 0 Å². The van der Waals surface area contributed by atoms with Gasteiger partial charge >= 0.3 is 0 Å². The van der Waals surface area contributed by atoms with E-state index in [1.165, 1.54) is 6.07 Å². The summed E-state index contributed by atoms with van der Waals surface area (Å²) < 4.78 is 38.3. The molecule has 1 aromatic rings. The topological polar surface area (TPSA) is 20.2 Å². The number of halogens is 4. The molecule has 14 heavy (non-hydrogen) atoms. The molecule has 0 saturated heterocycles. The maximum absolute atomic E-state index is 13.1. The molecule has 0 aromatic heterocycles. The Morgan fingerprint density at radius 3 is 2.43 bits per heavy atom. The van der Waals surface area contributed by atoms with E-state index in [9.17, 15) is 13.2 Å². The summed E-state index contributed by atoms with van der Waals surface area (Å²) in [4.78, 5) is 0. The van der Waals surface area contributed by atoms with Gasteiger partial charge in [-0.25, -0.2) is 13.2 Å². The zero-order valence-electron chi connectivity index (χ0n) is 7.27. The Bertz CT molecular complexity index is 335. The van der Waals surface area contributed by atoms with Crippen LogP contribution in [0, 0.1) is 5.82 Å². The fraction of sp³-hybridized carbons (Fsp3) is 0.333. The molecule has 0 heterocycles. The molecule has 0 fully saturated rings. The largest absolute Gasteiger partial charge is 0.382 e. The van der Waals surface area contributed by atoms with Gasteiger partial charge in [-0.15, -0.1) is 0 Å². The van der Waals surface area contributed by atoms with Crippen molar-refractivity contribution in [3.8, 4) is 0 Å². The summed E-state index contributed by atoms with van der Waals surface area (Å²) in [6.45, 7) is 0.520. The molecule has 1 unspecified atom stereocenters. The normalized spacial score (nSPS) is 14.1. The van der Waals surface area contributed by atoms with Gasteiger partial charge < -0.3 is 5.11 Å². The molecule has 1 atom stereocenters. The van der Waals surface area contributed by atoms with E-state index in [-0.39, 0.29) is 5.02 Å². The fourth-order valence-electron chi connectivity index (χ4n) is 0.996. The van der Waals surface area contributed by atoms with Crippen molar-refractivity contribution in [1.29, 1.82) is 0 Å². The van der Waals surface area contributed by atoms with E-state index in [0.29, 0.717) is 6.92 Å². The minimum absolute atomic E-state index is 0.0952. The second kappa shape index (κ2) is 3.79. The SMILES string of the molecule is CC(F)(F)C(O)c1ccc(Cl)cc1F. The van der Waals surface area contributed by atoms with E-state index in [2.05, 4.69) is 0 Å². The van der Waals surface area contributed by atoms with Gasteiger partial charge in [-0.2, -0.15) is 0 Å². The molecule has 1 N–H and O–H groups in total. The third-order valence-electron chi connectivity index (χ3n) is 1.74. The van der Waals surface area contributed by atoms with E-state index in [4.69, 9.17) is 16.7 Å². The van der Waals surface area contributed by atoms with Crippen LogP contribution in [0.15, 0.2) is 18.2 Å². The van der Waals surface area contributed by atoms with Gasteiger partial charge in [-0.3, -0.25) is 0 Å². The minimum atomic E-state index is -3.38. The van der Waals surface area contributed by atoms with Crippen molar-refractivity contribution in [2.45, 2.75) is 19.0 Å². The number of rotatable bonds is 2. The molecule has 0 spiro atoms. The highest BCUT2D eigenvalue weighted by Gasteiger charge is 2.35. The van der Waals surface area contributed by atoms with Gasteiger partial charge in [0.05, 0.1) is 0 Å². The molecule has 0 aliphatic carbocycles. The fourth-order valence-corrected chi connectivity index (χ4v) is 1.16. The van der Waals surface area contributed by atoms with Gasteiger partial charge in [-0.1, -0.05) is 17.7 Å². The van der Waals surface area contributed by atoms with Crippen LogP contribution >= 0.6 is 11.6 Å². The van der Waals surface area contributed by atoms with Crippen LogP contribution in [0.4, 0.5) is 13.2 Å². The third-order valence-corrected chi connectivity index (χ3v) is 1.97. The van der Waals surface area contributed by atoms with Crippen molar-refractivity contribution in [2.75, 3.05) is 0 Å². The smallest absolute Gasteiger partial charge is 0.274 e. The first-order chi connectivity index (χ1) is 6.32. The van der Waals surface area contributed by atoms with E-state index < -0.39 is 23.4 Å². The number of aliphatic hydroxyl groups excluding tert-OH is 1. The van der Waals surface area contributed by atoms with E-state index in [0.717, 1.165) is 12.1 Å². The highest BCUT2D eigenvalue weighted by atomic mass is 35.5. The monoisotopic (exact) mass is 224 g/mol. The van der Waals surface area contributed by atoms with Gasteiger partial charge in [0.15, 0.2) is 0 Å².